The molecular formula is C18H16ClN3O. The van der Waals surface area contributed by atoms with Crippen LogP contribution in [0.2, 0.25) is 5.02 Å². The van der Waals surface area contributed by atoms with Crippen molar-refractivity contribution in [3.8, 4) is 5.69 Å². The lowest BCUT2D eigenvalue weighted by molar-refractivity contribution is 0.276. The minimum absolute atomic E-state index is 0.0455. The Hall–Kier alpha value is -2.14. The molecule has 0 amide bonds. The van der Waals surface area contributed by atoms with Gasteiger partial charge in [0.15, 0.2) is 0 Å². The average molecular weight is 326 g/mol. The summed E-state index contributed by atoms with van der Waals surface area (Å²) in [6, 6.07) is 18.1. The topological polar surface area (TPSA) is 50.1 Å². The first kappa shape index (κ1) is 14.5. The zero-order valence-corrected chi connectivity index (χ0v) is 13.2. The Morgan fingerprint density at radius 3 is 2.78 bits per heavy atom. The number of halogens is 1. The minimum Gasteiger partial charge on any atom is -0.390 e. The van der Waals surface area contributed by atoms with Crippen LogP contribution in [0.1, 0.15) is 28.6 Å². The molecule has 1 aromatic heterocycles. The van der Waals surface area contributed by atoms with Crippen LogP contribution in [0.25, 0.3) is 5.69 Å². The van der Waals surface area contributed by atoms with E-state index in [1.54, 1.807) is 0 Å². The van der Waals surface area contributed by atoms with Crippen LogP contribution in [-0.2, 0) is 13.2 Å². The highest BCUT2D eigenvalue weighted by atomic mass is 35.5. The second-order valence-corrected chi connectivity index (χ2v) is 6.06. The monoisotopic (exact) mass is 325 g/mol. The van der Waals surface area contributed by atoms with Crippen molar-refractivity contribution in [1.29, 1.82) is 0 Å². The zero-order chi connectivity index (χ0) is 15.8. The van der Waals surface area contributed by atoms with E-state index < -0.39 is 0 Å². The molecule has 0 aliphatic carbocycles. The fraction of sp³-hybridized carbons (Fsp3) is 0.167. The lowest BCUT2D eigenvalue weighted by atomic mass is 9.97. The lowest BCUT2D eigenvalue weighted by Crippen LogP contribution is -2.20. The van der Waals surface area contributed by atoms with Crippen LogP contribution in [-0.4, -0.2) is 14.9 Å². The lowest BCUT2D eigenvalue weighted by Gasteiger charge is -2.19. The third kappa shape index (κ3) is 2.55. The highest BCUT2D eigenvalue weighted by Crippen LogP contribution is 2.33. The van der Waals surface area contributed by atoms with Gasteiger partial charge in [0.1, 0.15) is 0 Å². The molecule has 1 unspecified atom stereocenters. The van der Waals surface area contributed by atoms with E-state index in [1.807, 2.05) is 47.1 Å². The van der Waals surface area contributed by atoms with Crippen molar-refractivity contribution in [3.05, 3.63) is 82.1 Å². The number of nitrogens with one attached hydrogen (secondary N) is 1. The molecule has 1 aliphatic rings. The molecule has 2 heterocycles. The van der Waals surface area contributed by atoms with Crippen LogP contribution in [0, 0.1) is 0 Å². The van der Waals surface area contributed by atoms with Crippen molar-refractivity contribution in [2.75, 3.05) is 0 Å². The smallest absolute Gasteiger partial charge is 0.0886 e. The first-order valence-corrected chi connectivity index (χ1v) is 7.91. The van der Waals surface area contributed by atoms with Crippen LogP contribution >= 0.6 is 11.6 Å². The third-order valence-electron chi connectivity index (χ3n) is 4.14. The summed E-state index contributed by atoms with van der Waals surface area (Å²) in [6.45, 7) is 0.601. The molecule has 0 radical (unpaired) electrons. The van der Waals surface area contributed by atoms with Gasteiger partial charge in [0.25, 0.3) is 0 Å². The molecule has 0 spiro atoms. The van der Waals surface area contributed by atoms with Gasteiger partial charge >= 0.3 is 0 Å². The Balaban J connectivity index is 1.91. The summed E-state index contributed by atoms with van der Waals surface area (Å²) < 4.78 is 1.90. The fourth-order valence-corrected chi connectivity index (χ4v) is 3.28. The van der Waals surface area contributed by atoms with Crippen molar-refractivity contribution < 1.29 is 5.11 Å². The van der Waals surface area contributed by atoms with Crippen LogP contribution < -0.4 is 5.32 Å². The molecule has 2 N–H and O–H groups in total. The van der Waals surface area contributed by atoms with Gasteiger partial charge in [0.2, 0.25) is 0 Å². The van der Waals surface area contributed by atoms with Gasteiger partial charge in [0, 0.05) is 17.1 Å². The van der Waals surface area contributed by atoms with E-state index >= 15 is 0 Å². The van der Waals surface area contributed by atoms with Crippen molar-refractivity contribution in [3.63, 3.8) is 0 Å². The van der Waals surface area contributed by atoms with Gasteiger partial charge in [-0.15, -0.1) is 0 Å². The molecule has 116 valence electrons. The highest BCUT2D eigenvalue weighted by molar-refractivity contribution is 6.30. The largest absolute Gasteiger partial charge is 0.390 e. The van der Waals surface area contributed by atoms with E-state index in [-0.39, 0.29) is 12.6 Å². The molecule has 4 nitrogen and oxygen atoms in total. The molecule has 1 aliphatic heterocycles. The highest BCUT2D eigenvalue weighted by Gasteiger charge is 2.24. The van der Waals surface area contributed by atoms with Crippen LogP contribution in [0.15, 0.2) is 54.6 Å². The van der Waals surface area contributed by atoms with E-state index in [1.165, 1.54) is 5.56 Å². The second-order valence-electron chi connectivity index (χ2n) is 5.62. The van der Waals surface area contributed by atoms with Gasteiger partial charge in [-0.3, -0.25) is 0 Å². The summed E-state index contributed by atoms with van der Waals surface area (Å²) in [4.78, 5) is 0. The Kier molecular flexibility index (Phi) is 3.65. The minimum atomic E-state index is -0.0644. The summed E-state index contributed by atoms with van der Waals surface area (Å²) in [5.74, 6) is 0. The number of rotatable bonds is 2. The van der Waals surface area contributed by atoms with Crippen molar-refractivity contribution >= 4 is 11.6 Å². The van der Waals surface area contributed by atoms with Crippen LogP contribution in [0.3, 0.4) is 0 Å². The molecule has 1 atom stereocenters. The summed E-state index contributed by atoms with van der Waals surface area (Å²) in [7, 11) is 0. The van der Waals surface area contributed by atoms with E-state index in [4.69, 9.17) is 11.6 Å². The summed E-state index contributed by atoms with van der Waals surface area (Å²) >= 11 is 6.24. The molecular weight excluding hydrogens is 310 g/mol. The van der Waals surface area contributed by atoms with Crippen molar-refractivity contribution in [2.24, 2.45) is 0 Å². The summed E-state index contributed by atoms with van der Waals surface area (Å²) in [6.07, 6.45) is 0. The number of benzene rings is 2. The summed E-state index contributed by atoms with van der Waals surface area (Å²) in [5.41, 5.74) is 4.94. The predicted molar refractivity (Wildman–Crippen MR) is 89.6 cm³/mol. The molecule has 0 fully saturated rings. The van der Waals surface area contributed by atoms with Crippen LogP contribution in [0.4, 0.5) is 0 Å². The van der Waals surface area contributed by atoms with Gasteiger partial charge < -0.3 is 10.4 Å². The van der Waals surface area contributed by atoms with Gasteiger partial charge in [-0.25, -0.2) is 4.68 Å². The maximum absolute atomic E-state index is 9.36. The molecule has 0 saturated heterocycles. The molecule has 5 heteroatoms. The van der Waals surface area contributed by atoms with Crippen molar-refractivity contribution in [1.82, 2.24) is 15.1 Å². The van der Waals surface area contributed by atoms with E-state index in [0.29, 0.717) is 17.3 Å². The first-order valence-electron chi connectivity index (χ1n) is 7.53. The third-order valence-corrected chi connectivity index (χ3v) is 4.38. The number of aliphatic hydroxyl groups is 1. The first-order chi connectivity index (χ1) is 11.3. The zero-order valence-electron chi connectivity index (χ0n) is 12.4. The number of fused-ring (bicyclic) bond motifs is 3. The van der Waals surface area contributed by atoms with E-state index in [0.717, 1.165) is 16.9 Å². The van der Waals surface area contributed by atoms with Crippen molar-refractivity contribution in [2.45, 2.75) is 19.2 Å². The summed E-state index contributed by atoms with van der Waals surface area (Å²) in [5, 5.41) is 18.1. The molecule has 0 bridgehead atoms. The Morgan fingerprint density at radius 2 is 2.00 bits per heavy atom. The molecule has 0 saturated carbocycles. The standard InChI is InChI=1S/C18H16ClN3O/c19-13-6-7-17-16(8-13)18(12-4-2-1-3-5-12)20-10-15-9-14(11-23)21-22(15)17/h1-9,18,20,23H,10-11H2. The Bertz CT molecular complexity index is 845. The maximum Gasteiger partial charge on any atom is 0.0886 e. The van der Waals surface area contributed by atoms with Gasteiger partial charge in [0.05, 0.1) is 29.7 Å². The Labute approximate surface area is 139 Å². The van der Waals surface area contributed by atoms with E-state index in [2.05, 4.69) is 22.5 Å². The van der Waals surface area contributed by atoms with Gasteiger partial charge in [-0.05, 0) is 29.8 Å². The number of nitrogens with zero attached hydrogens (tertiary/aromatic N) is 2. The average Bonchev–Trinajstić information content (AvgIpc) is 2.93. The van der Waals surface area contributed by atoms with Gasteiger partial charge in [-0.1, -0.05) is 41.9 Å². The number of hydrogen-bond acceptors (Lipinski definition) is 3. The molecule has 23 heavy (non-hydrogen) atoms. The maximum atomic E-state index is 9.36. The molecule has 4 rings (SSSR count). The number of hydrogen-bond donors (Lipinski definition) is 2. The quantitative estimate of drug-likeness (QED) is 0.760. The number of aromatic nitrogens is 2. The normalized spacial score (nSPS) is 16.5. The molecule has 2 aromatic carbocycles. The number of aliphatic hydroxyl groups excluding tert-OH is 1. The predicted octanol–water partition coefficient (Wildman–Crippen LogP) is 3.21. The molecule has 3 aromatic rings. The second kappa shape index (κ2) is 5.81. The van der Waals surface area contributed by atoms with Gasteiger partial charge in [-0.2, -0.15) is 5.10 Å². The Morgan fingerprint density at radius 1 is 1.17 bits per heavy atom. The SMILES string of the molecule is OCc1cc2n(n1)-c1ccc(Cl)cc1C(c1ccccc1)NC2. The van der Waals surface area contributed by atoms with E-state index in [9.17, 15) is 5.11 Å². The fourth-order valence-electron chi connectivity index (χ4n) is 3.10. The van der Waals surface area contributed by atoms with Crippen LogP contribution in [0.5, 0.6) is 0 Å².